The van der Waals surface area contributed by atoms with Crippen molar-refractivity contribution in [1.29, 1.82) is 0 Å². The molecular formula is C19H20F2N4O4S. The van der Waals surface area contributed by atoms with Crippen LogP contribution in [0.25, 0.3) is 10.9 Å². The summed E-state index contributed by atoms with van der Waals surface area (Å²) in [6.07, 6.45) is -1.00. The van der Waals surface area contributed by atoms with Gasteiger partial charge in [0.05, 0.1) is 23.9 Å². The number of amides is 1. The lowest BCUT2D eigenvalue weighted by molar-refractivity contribution is 0.101. The minimum absolute atomic E-state index is 0.0833. The van der Waals surface area contributed by atoms with Gasteiger partial charge in [0, 0.05) is 29.1 Å². The number of carbonyl (C=O) groups is 1. The molecule has 30 heavy (non-hydrogen) atoms. The van der Waals surface area contributed by atoms with Crippen molar-refractivity contribution in [2.24, 2.45) is 0 Å². The third kappa shape index (κ3) is 5.16. The topological polar surface area (TPSA) is 114 Å². The van der Waals surface area contributed by atoms with Gasteiger partial charge in [-0.1, -0.05) is 6.07 Å². The summed E-state index contributed by atoms with van der Waals surface area (Å²) in [7, 11) is -3.16. The van der Waals surface area contributed by atoms with Crippen molar-refractivity contribution in [1.82, 2.24) is 14.8 Å². The van der Waals surface area contributed by atoms with Gasteiger partial charge in [-0.2, -0.15) is 5.10 Å². The molecule has 0 bridgehead atoms. The minimum atomic E-state index is -3.16. The van der Waals surface area contributed by atoms with E-state index in [0.717, 1.165) is 12.3 Å². The molecule has 0 saturated heterocycles. The summed E-state index contributed by atoms with van der Waals surface area (Å²) < 4.78 is 49.9. The highest BCUT2D eigenvalue weighted by Gasteiger charge is 2.18. The third-order valence-corrected chi connectivity index (χ3v) is 5.26. The zero-order valence-corrected chi connectivity index (χ0v) is 17.0. The second-order valence-electron chi connectivity index (χ2n) is 6.90. The van der Waals surface area contributed by atoms with Crippen LogP contribution in [0.4, 0.5) is 14.5 Å². The maximum absolute atomic E-state index is 12.8. The van der Waals surface area contributed by atoms with Gasteiger partial charge in [-0.05, 0) is 31.2 Å². The lowest BCUT2D eigenvalue weighted by Crippen LogP contribution is -2.16. The lowest BCUT2D eigenvalue weighted by Gasteiger charge is -2.13. The number of alkyl halides is 2. The van der Waals surface area contributed by atoms with Gasteiger partial charge < -0.3 is 10.4 Å². The monoisotopic (exact) mass is 438 g/mol. The smallest absolute Gasteiger partial charge is 0.280 e. The molecule has 2 aromatic heterocycles. The molecule has 0 radical (unpaired) electrons. The molecule has 0 aliphatic carbocycles. The fraction of sp³-hybridized carbons (Fsp3) is 0.316. The number of aliphatic hydroxyl groups excluding tert-OH is 1. The standard InChI is InChI=1S/C19H20F2N4O4S/c1-11(26)13-9-16-12(10-25(24-16)6-7-30(2,28)29)8-17(13)23-19(27)15-5-3-4-14(22-15)18(20)21/h3-5,8-11,18,26H,6-7H2,1-2H3,(H,23,27). The zero-order valence-electron chi connectivity index (χ0n) is 16.2. The van der Waals surface area contributed by atoms with Crippen molar-refractivity contribution in [2.45, 2.75) is 26.0 Å². The number of aromatic nitrogens is 3. The molecule has 3 rings (SSSR count). The van der Waals surface area contributed by atoms with Crippen molar-refractivity contribution in [3.8, 4) is 0 Å². The summed E-state index contributed by atoms with van der Waals surface area (Å²) in [5.41, 5.74) is 0.452. The van der Waals surface area contributed by atoms with Gasteiger partial charge in [-0.15, -0.1) is 0 Å². The predicted molar refractivity (Wildman–Crippen MR) is 107 cm³/mol. The highest BCUT2D eigenvalue weighted by Crippen LogP contribution is 2.29. The summed E-state index contributed by atoms with van der Waals surface area (Å²) in [5.74, 6) is -0.789. The average molecular weight is 438 g/mol. The first kappa shape index (κ1) is 21.8. The first-order valence-electron chi connectivity index (χ1n) is 8.97. The molecule has 1 aromatic carbocycles. The van der Waals surface area contributed by atoms with Crippen molar-refractivity contribution in [3.05, 3.63) is 53.5 Å². The van der Waals surface area contributed by atoms with Gasteiger partial charge >= 0.3 is 0 Å². The number of nitrogens with zero attached hydrogens (tertiary/aromatic N) is 3. The van der Waals surface area contributed by atoms with E-state index in [-0.39, 0.29) is 23.7 Å². The van der Waals surface area contributed by atoms with Gasteiger partial charge in [0.15, 0.2) is 0 Å². The Morgan fingerprint density at radius 2 is 2.03 bits per heavy atom. The fourth-order valence-corrected chi connectivity index (χ4v) is 3.37. The fourth-order valence-electron chi connectivity index (χ4n) is 2.85. The summed E-state index contributed by atoms with van der Waals surface area (Å²) in [6, 6.07) is 6.91. The second-order valence-corrected chi connectivity index (χ2v) is 9.16. The van der Waals surface area contributed by atoms with Crippen molar-refractivity contribution < 1.29 is 27.1 Å². The Hall–Kier alpha value is -2.92. The van der Waals surface area contributed by atoms with Gasteiger partial charge in [-0.3, -0.25) is 9.48 Å². The normalized spacial score (nSPS) is 13.0. The quantitative estimate of drug-likeness (QED) is 0.586. The first-order chi connectivity index (χ1) is 14.0. The van der Waals surface area contributed by atoms with E-state index in [1.807, 2.05) is 0 Å². The number of aliphatic hydroxyl groups is 1. The molecule has 1 amide bonds. The van der Waals surface area contributed by atoms with Crippen LogP contribution in [0, 0.1) is 0 Å². The Kier molecular flexibility index (Phi) is 6.13. The van der Waals surface area contributed by atoms with Crippen LogP contribution in [0.5, 0.6) is 0 Å². The number of fused-ring (bicyclic) bond motifs is 1. The highest BCUT2D eigenvalue weighted by atomic mass is 32.2. The number of carbonyl (C=O) groups excluding carboxylic acids is 1. The molecule has 0 aliphatic rings. The Labute approximate surface area is 171 Å². The maximum Gasteiger partial charge on any atom is 0.280 e. The van der Waals surface area contributed by atoms with Crippen LogP contribution < -0.4 is 5.32 Å². The molecule has 2 N–H and O–H groups in total. The molecular weight excluding hydrogens is 418 g/mol. The van der Waals surface area contributed by atoms with E-state index in [4.69, 9.17) is 0 Å². The molecule has 0 aliphatic heterocycles. The molecule has 11 heteroatoms. The number of halogens is 2. The average Bonchev–Trinajstić information content (AvgIpc) is 3.07. The number of rotatable bonds is 7. The van der Waals surface area contributed by atoms with E-state index in [0.29, 0.717) is 16.5 Å². The van der Waals surface area contributed by atoms with Crippen LogP contribution in [-0.4, -0.2) is 46.2 Å². The van der Waals surface area contributed by atoms with Crippen LogP contribution in [0.3, 0.4) is 0 Å². The summed E-state index contributed by atoms with van der Waals surface area (Å²) in [4.78, 5) is 16.2. The van der Waals surface area contributed by atoms with Crippen molar-refractivity contribution in [2.75, 3.05) is 17.3 Å². The van der Waals surface area contributed by atoms with Gasteiger partial charge in [0.2, 0.25) is 0 Å². The Balaban J connectivity index is 1.92. The summed E-state index contributed by atoms with van der Waals surface area (Å²) in [6.45, 7) is 1.66. The van der Waals surface area contributed by atoms with Crippen LogP contribution in [0.1, 0.15) is 41.2 Å². The number of sulfone groups is 1. The van der Waals surface area contributed by atoms with Crippen LogP contribution in [0.2, 0.25) is 0 Å². The number of hydrogen-bond acceptors (Lipinski definition) is 6. The zero-order chi connectivity index (χ0) is 22.1. The van der Waals surface area contributed by atoms with E-state index in [9.17, 15) is 27.1 Å². The van der Waals surface area contributed by atoms with Crippen molar-refractivity contribution in [3.63, 3.8) is 0 Å². The number of anilines is 1. The van der Waals surface area contributed by atoms with Gasteiger partial charge in [0.1, 0.15) is 21.2 Å². The minimum Gasteiger partial charge on any atom is -0.389 e. The molecule has 1 unspecified atom stereocenters. The molecule has 0 fully saturated rings. The number of pyridine rings is 1. The molecule has 2 heterocycles. The Bertz CT molecular complexity index is 1190. The predicted octanol–water partition coefficient (Wildman–Crippen LogP) is 2.72. The molecule has 8 nitrogen and oxygen atoms in total. The molecule has 160 valence electrons. The summed E-state index contributed by atoms with van der Waals surface area (Å²) in [5, 5.41) is 17.6. The van der Waals surface area contributed by atoms with Crippen molar-refractivity contribution >= 4 is 32.3 Å². The molecule has 0 spiro atoms. The van der Waals surface area contributed by atoms with Gasteiger partial charge in [-0.25, -0.2) is 22.2 Å². The van der Waals surface area contributed by atoms with Crippen LogP contribution in [-0.2, 0) is 16.4 Å². The number of nitrogens with one attached hydrogen (secondary N) is 1. The molecule has 3 aromatic rings. The molecule has 0 saturated carbocycles. The Morgan fingerprint density at radius 1 is 1.30 bits per heavy atom. The van der Waals surface area contributed by atoms with E-state index < -0.39 is 34.0 Å². The third-order valence-electron chi connectivity index (χ3n) is 4.34. The lowest BCUT2D eigenvalue weighted by atomic mass is 10.1. The summed E-state index contributed by atoms with van der Waals surface area (Å²) >= 11 is 0. The highest BCUT2D eigenvalue weighted by molar-refractivity contribution is 7.90. The first-order valence-corrected chi connectivity index (χ1v) is 11.0. The van der Waals surface area contributed by atoms with Crippen LogP contribution >= 0.6 is 0 Å². The Morgan fingerprint density at radius 3 is 2.67 bits per heavy atom. The van der Waals surface area contributed by atoms with E-state index in [2.05, 4.69) is 15.4 Å². The van der Waals surface area contributed by atoms with E-state index >= 15 is 0 Å². The van der Waals surface area contributed by atoms with Gasteiger partial charge in [0.25, 0.3) is 12.3 Å². The number of benzene rings is 1. The number of hydrogen-bond donors (Lipinski definition) is 2. The molecule has 1 atom stereocenters. The largest absolute Gasteiger partial charge is 0.389 e. The van der Waals surface area contributed by atoms with E-state index in [1.165, 1.54) is 23.7 Å². The van der Waals surface area contributed by atoms with E-state index in [1.54, 1.807) is 18.3 Å². The maximum atomic E-state index is 12.8. The van der Waals surface area contributed by atoms with Crippen LogP contribution in [0.15, 0.2) is 36.5 Å². The second kappa shape index (κ2) is 8.44. The number of aryl methyl sites for hydroxylation is 1. The SMILES string of the molecule is CC(O)c1cc2nn(CCS(C)(=O)=O)cc2cc1NC(=O)c1cccc(C(F)F)n1.